The van der Waals surface area contributed by atoms with Crippen molar-refractivity contribution in [2.45, 2.75) is 12.2 Å². The molecule has 2 rings (SSSR count). The highest BCUT2D eigenvalue weighted by atomic mass is 32.2. The average Bonchev–Trinajstić information content (AvgIpc) is 2.47. The van der Waals surface area contributed by atoms with Crippen LogP contribution in [0.2, 0.25) is 0 Å². The normalized spacial score (nSPS) is 23.9. The van der Waals surface area contributed by atoms with Crippen molar-refractivity contribution in [3.63, 3.8) is 0 Å². The molecule has 1 aromatic heterocycles. The lowest BCUT2D eigenvalue weighted by Gasteiger charge is -1.94. The van der Waals surface area contributed by atoms with Crippen LogP contribution in [0, 0.1) is 0 Å². The van der Waals surface area contributed by atoms with Crippen molar-refractivity contribution in [1.82, 2.24) is 10.3 Å². The second-order valence-electron chi connectivity index (χ2n) is 2.85. The van der Waals surface area contributed by atoms with Crippen LogP contribution in [0.1, 0.15) is 6.92 Å². The van der Waals surface area contributed by atoms with Crippen LogP contribution in [-0.4, -0.2) is 21.3 Å². The minimum atomic E-state index is -0.0579. The van der Waals surface area contributed by atoms with Gasteiger partial charge in [-0.2, -0.15) is 0 Å². The Morgan fingerprint density at radius 2 is 2.43 bits per heavy atom. The number of hydrogen-bond donors (Lipinski definition) is 1. The predicted molar refractivity (Wildman–Crippen MR) is 56.5 cm³/mol. The van der Waals surface area contributed by atoms with Gasteiger partial charge in [-0.3, -0.25) is 4.79 Å². The first kappa shape index (κ1) is 9.21. The third-order valence-corrected chi connectivity index (χ3v) is 2.74. The van der Waals surface area contributed by atoms with E-state index in [0.717, 1.165) is 0 Å². The third kappa shape index (κ3) is 1.93. The fraction of sp³-hybridized carbons (Fsp3) is 0.222. The largest absolute Gasteiger partial charge is 0.304 e. The van der Waals surface area contributed by atoms with Crippen LogP contribution in [0.25, 0.3) is 0 Å². The number of amidine groups is 1. The van der Waals surface area contributed by atoms with Gasteiger partial charge in [0.15, 0.2) is 11.0 Å². The van der Waals surface area contributed by atoms with E-state index < -0.39 is 0 Å². The molecule has 0 saturated carbocycles. The molecule has 1 aliphatic rings. The van der Waals surface area contributed by atoms with E-state index in [4.69, 9.17) is 0 Å². The molecule has 0 aromatic carbocycles. The van der Waals surface area contributed by atoms with E-state index in [0.29, 0.717) is 11.0 Å². The van der Waals surface area contributed by atoms with Gasteiger partial charge in [0.25, 0.3) is 0 Å². The molecule has 2 heterocycles. The molecule has 1 unspecified atom stereocenters. The van der Waals surface area contributed by atoms with Crippen molar-refractivity contribution in [1.29, 1.82) is 0 Å². The molecule has 72 valence electrons. The van der Waals surface area contributed by atoms with Crippen molar-refractivity contribution in [3.05, 3.63) is 24.4 Å². The highest BCUT2D eigenvalue weighted by molar-refractivity contribution is 8.15. The van der Waals surface area contributed by atoms with Gasteiger partial charge in [0.2, 0.25) is 5.91 Å². The molecular formula is C9H9N3OS. The fourth-order valence-corrected chi connectivity index (χ4v) is 1.84. The van der Waals surface area contributed by atoms with Crippen molar-refractivity contribution in [3.8, 4) is 0 Å². The average molecular weight is 207 g/mol. The Morgan fingerprint density at radius 1 is 1.57 bits per heavy atom. The lowest BCUT2D eigenvalue weighted by atomic mass is 10.4. The molecule has 4 nitrogen and oxygen atoms in total. The minimum Gasteiger partial charge on any atom is -0.304 e. The van der Waals surface area contributed by atoms with Crippen molar-refractivity contribution < 1.29 is 4.79 Å². The Bertz CT molecular complexity index is 377. The standard InChI is InChI=1S/C9H9N3OS/c1-6-8(13)12-9(14-6)11-7-4-2-3-5-10-7/h2-6H,1H3,(H,10,11,12,13). The maximum absolute atomic E-state index is 11.1. The molecule has 1 aliphatic heterocycles. The first-order chi connectivity index (χ1) is 6.75. The smallest absolute Gasteiger partial charge is 0.239 e. The summed E-state index contributed by atoms with van der Waals surface area (Å²) in [5.41, 5.74) is 0. The number of amides is 1. The van der Waals surface area contributed by atoms with E-state index >= 15 is 0 Å². The van der Waals surface area contributed by atoms with E-state index in [1.807, 2.05) is 19.1 Å². The van der Waals surface area contributed by atoms with Crippen LogP contribution < -0.4 is 5.32 Å². The maximum Gasteiger partial charge on any atom is 0.239 e. The molecular weight excluding hydrogens is 198 g/mol. The molecule has 0 bridgehead atoms. The van der Waals surface area contributed by atoms with E-state index in [1.54, 1.807) is 12.3 Å². The van der Waals surface area contributed by atoms with Gasteiger partial charge in [-0.25, -0.2) is 9.98 Å². The highest BCUT2D eigenvalue weighted by Crippen LogP contribution is 2.20. The molecule has 1 amide bonds. The SMILES string of the molecule is CC1S/C(=N\c2ccccn2)NC1=O. The van der Waals surface area contributed by atoms with Crippen LogP contribution in [0.3, 0.4) is 0 Å². The van der Waals surface area contributed by atoms with Gasteiger partial charge in [-0.1, -0.05) is 17.8 Å². The molecule has 5 heteroatoms. The Hall–Kier alpha value is -1.36. The zero-order valence-electron chi connectivity index (χ0n) is 7.60. The Balaban J connectivity index is 2.17. The zero-order valence-corrected chi connectivity index (χ0v) is 8.41. The minimum absolute atomic E-state index is 0.00433. The van der Waals surface area contributed by atoms with Gasteiger partial charge < -0.3 is 5.32 Å². The number of carbonyl (C=O) groups is 1. The molecule has 0 aliphatic carbocycles. The lowest BCUT2D eigenvalue weighted by molar-refractivity contribution is -0.118. The second-order valence-corrected chi connectivity index (χ2v) is 4.18. The van der Waals surface area contributed by atoms with Gasteiger partial charge in [0.1, 0.15) is 0 Å². The molecule has 1 aromatic rings. The third-order valence-electron chi connectivity index (χ3n) is 1.75. The first-order valence-electron chi connectivity index (χ1n) is 4.23. The number of thioether (sulfide) groups is 1. The summed E-state index contributed by atoms with van der Waals surface area (Å²) in [6.45, 7) is 1.85. The van der Waals surface area contributed by atoms with E-state index in [1.165, 1.54) is 11.8 Å². The Labute approximate surface area is 85.8 Å². The van der Waals surface area contributed by atoms with Gasteiger partial charge >= 0.3 is 0 Å². The molecule has 1 N–H and O–H groups in total. The van der Waals surface area contributed by atoms with Crippen molar-refractivity contribution in [2.75, 3.05) is 0 Å². The summed E-state index contributed by atoms with van der Waals surface area (Å²) >= 11 is 1.42. The van der Waals surface area contributed by atoms with Crippen molar-refractivity contribution in [2.24, 2.45) is 4.99 Å². The predicted octanol–water partition coefficient (Wildman–Crippen LogP) is 1.32. The summed E-state index contributed by atoms with van der Waals surface area (Å²) in [5, 5.41) is 3.25. The summed E-state index contributed by atoms with van der Waals surface area (Å²) in [4.78, 5) is 19.4. The van der Waals surface area contributed by atoms with E-state index in [2.05, 4.69) is 15.3 Å². The summed E-state index contributed by atoms with van der Waals surface area (Å²) < 4.78 is 0. The van der Waals surface area contributed by atoms with Crippen molar-refractivity contribution >= 4 is 28.7 Å². The Kier molecular flexibility index (Phi) is 2.49. The zero-order chi connectivity index (χ0) is 9.97. The number of rotatable bonds is 1. The van der Waals surface area contributed by atoms with Gasteiger partial charge in [-0.05, 0) is 19.1 Å². The molecule has 1 fully saturated rings. The highest BCUT2D eigenvalue weighted by Gasteiger charge is 2.25. The van der Waals surface area contributed by atoms with Crippen LogP contribution in [0.15, 0.2) is 29.4 Å². The maximum atomic E-state index is 11.1. The summed E-state index contributed by atoms with van der Waals surface area (Å²) in [6, 6.07) is 5.48. The lowest BCUT2D eigenvalue weighted by Crippen LogP contribution is -2.23. The first-order valence-corrected chi connectivity index (χ1v) is 5.11. The monoisotopic (exact) mass is 207 g/mol. The number of carbonyl (C=O) groups excluding carboxylic acids is 1. The van der Waals surface area contributed by atoms with Crippen LogP contribution >= 0.6 is 11.8 Å². The summed E-state index contributed by atoms with van der Waals surface area (Å²) in [7, 11) is 0. The summed E-state index contributed by atoms with van der Waals surface area (Å²) in [5.74, 6) is 0.620. The van der Waals surface area contributed by atoms with Crippen LogP contribution in [0.5, 0.6) is 0 Å². The number of nitrogens with one attached hydrogen (secondary N) is 1. The van der Waals surface area contributed by atoms with Gasteiger partial charge in [0.05, 0.1) is 5.25 Å². The van der Waals surface area contributed by atoms with E-state index in [-0.39, 0.29) is 11.2 Å². The topological polar surface area (TPSA) is 54.4 Å². The van der Waals surface area contributed by atoms with Crippen LogP contribution in [0.4, 0.5) is 5.82 Å². The quantitative estimate of drug-likeness (QED) is 0.755. The second kappa shape index (κ2) is 3.79. The van der Waals surface area contributed by atoms with E-state index in [9.17, 15) is 4.79 Å². The number of pyridine rings is 1. The fourth-order valence-electron chi connectivity index (χ4n) is 1.04. The number of nitrogens with zero attached hydrogens (tertiary/aromatic N) is 2. The van der Waals surface area contributed by atoms with Gasteiger partial charge in [-0.15, -0.1) is 0 Å². The molecule has 0 spiro atoms. The molecule has 0 radical (unpaired) electrons. The van der Waals surface area contributed by atoms with Gasteiger partial charge in [0, 0.05) is 6.20 Å². The molecule has 1 saturated heterocycles. The number of aromatic nitrogens is 1. The molecule has 1 atom stereocenters. The summed E-state index contributed by atoms with van der Waals surface area (Å²) in [6.07, 6.45) is 1.67. The molecule has 14 heavy (non-hydrogen) atoms. The van der Waals surface area contributed by atoms with Crippen LogP contribution in [-0.2, 0) is 4.79 Å². The number of hydrogen-bond acceptors (Lipinski definition) is 4. The Morgan fingerprint density at radius 3 is 3.00 bits per heavy atom. The number of aliphatic imine (C=N–C) groups is 1.